The molecule has 0 saturated heterocycles. The van der Waals surface area contributed by atoms with Crippen LogP contribution in [-0.4, -0.2) is 28.9 Å². The average molecular weight is 442 g/mol. The minimum Gasteiger partial charge on any atom is -0.368 e. The number of aromatic nitrogens is 6. The Hall–Kier alpha value is -3.65. The number of hydrogen-bond donors (Lipinski definition) is 1. The number of benzene rings is 2. The normalized spacial score (nSPS) is 11.9. The van der Waals surface area contributed by atoms with Crippen LogP contribution < -0.4 is 5.73 Å². The predicted molar refractivity (Wildman–Crippen MR) is 129 cm³/mol. The monoisotopic (exact) mass is 441 g/mol. The third-order valence-electron chi connectivity index (χ3n) is 5.26. The summed E-state index contributed by atoms with van der Waals surface area (Å²) < 4.78 is 6.67. The fourth-order valence-corrected chi connectivity index (χ4v) is 4.59. The number of hydrogen-bond acceptors (Lipinski definition) is 7. The third kappa shape index (κ3) is 3.52. The minimum atomic E-state index is -0.180. The van der Waals surface area contributed by atoms with E-state index in [1.165, 1.54) is 11.5 Å². The van der Waals surface area contributed by atoms with E-state index < -0.39 is 0 Å². The van der Waals surface area contributed by atoms with Gasteiger partial charge >= 0.3 is 0 Å². The predicted octanol–water partition coefficient (Wildman–Crippen LogP) is 5.32. The van der Waals surface area contributed by atoms with Crippen molar-refractivity contribution in [2.45, 2.75) is 33.2 Å². The van der Waals surface area contributed by atoms with Crippen LogP contribution in [0.25, 0.3) is 44.1 Å². The van der Waals surface area contributed by atoms with Gasteiger partial charge in [-0.3, -0.25) is 0 Å². The molecule has 0 amide bonds. The van der Waals surface area contributed by atoms with E-state index in [0.29, 0.717) is 0 Å². The highest BCUT2D eigenvalue weighted by Gasteiger charge is 2.25. The van der Waals surface area contributed by atoms with E-state index in [4.69, 9.17) is 10.7 Å². The lowest BCUT2D eigenvalue weighted by atomic mass is 10.0. The number of nitrogens with zero attached hydrogens (tertiary/aromatic N) is 6. The molecule has 0 unspecified atom stereocenters. The Balaban J connectivity index is 1.74. The van der Waals surface area contributed by atoms with Crippen molar-refractivity contribution in [3.05, 3.63) is 60.7 Å². The molecule has 0 radical (unpaired) electrons. The highest BCUT2D eigenvalue weighted by molar-refractivity contribution is 7.09. The summed E-state index contributed by atoms with van der Waals surface area (Å²) in [5.41, 5.74) is 11.4. The molecule has 5 aromatic rings. The minimum absolute atomic E-state index is 0.180. The number of nitrogens with two attached hydrogens (primary N) is 1. The van der Waals surface area contributed by atoms with Gasteiger partial charge in [-0.1, -0.05) is 30.3 Å². The van der Waals surface area contributed by atoms with Crippen molar-refractivity contribution in [2.75, 3.05) is 5.73 Å². The highest BCUT2D eigenvalue weighted by atomic mass is 32.1. The van der Waals surface area contributed by atoms with Gasteiger partial charge in [0.1, 0.15) is 16.7 Å². The molecule has 160 valence electrons. The maximum Gasteiger partial charge on any atom is 0.219 e. The lowest BCUT2D eigenvalue weighted by molar-refractivity contribution is 0.413. The molecule has 0 aliphatic heterocycles. The first kappa shape index (κ1) is 20.3. The van der Waals surface area contributed by atoms with E-state index in [2.05, 4.69) is 75.0 Å². The van der Waals surface area contributed by atoms with Crippen LogP contribution in [-0.2, 0) is 5.54 Å². The van der Waals surface area contributed by atoms with E-state index in [9.17, 15) is 0 Å². The van der Waals surface area contributed by atoms with Gasteiger partial charge in [-0.15, -0.1) is 0 Å². The number of fused-ring (bicyclic) bond motifs is 1. The fourth-order valence-electron chi connectivity index (χ4n) is 3.88. The van der Waals surface area contributed by atoms with E-state index >= 15 is 0 Å². The zero-order chi connectivity index (χ0) is 22.5. The summed E-state index contributed by atoms with van der Waals surface area (Å²) in [6, 6.07) is 14.5. The van der Waals surface area contributed by atoms with E-state index in [1.807, 2.05) is 19.1 Å². The van der Waals surface area contributed by atoms with Crippen LogP contribution in [0.2, 0.25) is 0 Å². The Morgan fingerprint density at radius 2 is 1.62 bits per heavy atom. The van der Waals surface area contributed by atoms with Crippen LogP contribution in [0, 0.1) is 6.92 Å². The molecule has 0 atom stereocenters. The van der Waals surface area contributed by atoms with Gasteiger partial charge in [0.15, 0.2) is 0 Å². The molecule has 0 saturated carbocycles. The summed E-state index contributed by atoms with van der Waals surface area (Å²) in [6.07, 6.45) is 3.47. The maximum absolute atomic E-state index is 5.65. The number of imidazole rings is 1. The quantitative estimate of drug-likeness (QED) is 0.407. The molecule has 3 aromatic heterocycles. The molecule has 0 bridgehead atoms. The van der Waals surface area contributed by atoms with Gasteiger partial charge < -0.3 is 10.3 Å². The standard InChI is InChI=1S/C24H23N7S/c1-14-28-22(32-30-14)18-8-6-5-7-17(18)21-29-19-11-15(16-12-26-23(25)27-13-16)9-10-20(19)31(21)24(2,3)4/h5-13H,1-4H3,(H2,25,26,27). The van der Waals surface area contributed by atoms with Gasteiger partial charge in [-0.25, -0.2) is 19.9 Å². The zero-order valence-corrected chi connectivity index (χ0v) is 19.2. The van der Waals surface area contributed by atoms with Gasteiger partial charge in [0, 0.05) is 34.6 Å². The van der Waals surface area contributed by atoms with Crippen LogP contribution in [0.3, 0.4) is 0 Å². The van der Waals surface area contributed by atoms with E-state index in [0.717, 1.165) is 49.9 Å². The molecule has 2 aromatic carbocycles. The Morgan fingerprint density at radius 3 is 2.28 bits per heavy atom. The second-order valence-corrected chi connectivity index (χ2v) is 9.42. The number of nitrogen functional groups attached to an aromatic ring is 1. The van der Waals surface area contributed by atoms with Crippen molar-refractivity contribution in [3.8, 4) is 33.1 Å². The average Bonchev–Trinajstić information content (AvgIpc) is 3.37. The molecule has 2 N–H and O–H groups in total. The van der Waals surface area contributed by atoms with Crippen molar-refractivity contribution in [1.82, 2.24) is 28.9 Å². The van der Waals surface area contributed by atoms with Gasteiger partial charge in [0.05, 0.1) is 11.0 Å². The van der Waals surface area contributed by atoms with Gasteiger partial charge in [-0.05, 0) is 56.9 Å². The molecule has 0 spiro atoms. The van der Waals surface area contributed by atoms with Crippen molar-refractivity contribution in [3.63, 3.8) is 0 Å². The van der Waals surface area contributed by atoms with Crippen LogP contribution >= 0.6 is 11.5 Å². The zero-order valence-electron chi connectivity index (χ0n) is 18.4. The number of anilines is 1. The Bertz CT molecular complexity index is 1430. The Labute approximate surface area is 190 Å². The molecule has 0 fully saturated rings. The fraction of sp³-hybridized carbons (Fsp3) is 0.208. The maximum atomic E-state index is 5.65. The molecular weight excluding hydrogens is 418 g/mol. The summed E-state index contributed by atoms with van der Waals surface area (Å²) in [6.45, 7) is 8.49. The van der Waals surface area contributed by atoms with Crippen molar-refractivity contribution < 1.29 is 0 Å². The Kier molecular flexibility index (Phi) is 4.74. The molecule has 32 heavy (non-hydrogen) atoms. The largest absolute Gasteiger partial charge is 0.368 e. The highest BCUT2D eigenvalue weighted by Crippen LogP contribution is 2.38. The van der Waals surface area contributed by atoms with Crippen molar-refractivity contribution in [1.29, 1.82) is 0 Å². The molecule has 0 aliphatic rings. The van der Waals surface area contributed by atoms with Crippen LogP contribution in [0.4, 0.5) is 5.95 Å². The summed E-state index contributed by atoms with van der Waals surface area (Å²) in [5, 5.41) is 0.894. The van der Waals surface area contributed by atoms with Crippen molar-refractivity contribution >= 4 is 28.5 Å². The van der Waals surface area contributed by atoms with Gasteiger partial charge in [0.25, 0.3) is 0 Å². The lowest BCUT2D eigenvalue weighted by Gasteiger charge is -2.25. The van der Waals surface area contributed by atoms with Gasteiger partial charge in [0.2, 0.25) is 5.95 Å². The first-order chi connectivity index (χ1) is 15.3. The Morgan fingerprint density at radius 1 is 0.906 bits per heavy atom. The summed E-state index contributed by atoms with van der Waals surface area (Å²) >= 11 is 1.41. The number of rotatable bonds is 3. The van der Waals surface area contributed by atoms with Crippen LogP contribution in [0.15, 0.2) is 54.9 Å². The second-order valence-electron chi connectivity index (χ2n) is 8.67. The molecule has 0 aliphatic carbocycles. The van der Waals surface area contributed by atoms with Crippen molar-refractivity contribution in [2.24, 2.45) is 0 Å². The molecular formula is C24H23N7S. The smallest absolute Gasteiger partial charge is 0.219 e. The van der Waals surface area contributed by atoms with Gasteiger partial charge in [-0.2, -0.15) is 4.37 Å². The molecule has 3 heterocycles. The molecule has 8 heteroatoms. The second kappa shape index (κ2) is 7.49. The lowest BCUT2D eigenvalue weighted by Crippen LogP contribution is -2.22. The first-order valence-corrected chi connectivity index (χ1v) is 11.1. The summed E-state index contributed by atoms with van der Waals surface area (Å²) in [4.78, 5) is 18.0. The first-order valence-electron chi connectivity index (χ1n) is 10.3. The molecule has 5 rings (SSSR count). The van der Waals surface area contributed by atoms with E-state index in [1.54, 1.807) is 12.4 Å². The molecule has 7 nitrogen and oxygen atoms in total. The van der Waals surface area contributed by atoms with E-state index in [-0.39, 0.29) is 11.5 Å². The summed E-state index contributed by atoms with van der Waals surface area (Å²) in [7, 11) is 0. The SMILES string of the molecule is Cc1nsc(-c2ccccc2-c2nc3cc(-c4cnc(N)nc4)ccc3n2C(C)(C)C)n1. The third-order valence-corrected chi connectivity index (χ3v) is 6.10. The summed E-state index contributed by atoms with van der Waals surface area (Å²) in [5.74, 6) is 1.94. The topological polar surface area (TPSA) is 95.4 Å². The van der Waals surface area contributed by atoms with Crippen LogP contribution in [0.1, 0.15) is 26.6 Å². The number of aryl methyl sites for hydroxylation is 1. The van der Waals surface area contributed by atoms with Crippen LogP contribution in [0.5, 0.6) is 0 Å².